The van der Waals surface area contributed by atoms with Crippen LogP contribution in [-0.2, 0) is 0 Å². The summed E-state index contributed by atoms with van der Waals surface area (Å²) in [5.41, 5.74) is 0. The molecular formula is C25H50. The Morgan fingerprint density at radius 2 is 1.08 bits per heavy atom. The van der Waals surface area contributed by atoms with Gasteiger partial charge in [-0.1, -0.05) is 130 Å². The first-order chi connectivity index (χ1) is 12.2. The maximum atomic E-state index is 2.49. The molecule has 1 unspecified atom stereocenters. The maximum Gasteiger partial charge on any atom is -0.0409 e. The van der Waals surface area contributed by atoms with E-state index in [-0.39, 0.29) is 0 Å². The number of hydrogen-bond donors (Lipinski definition) is 0. The molecule has 0 bridgehead atoms. The molecule has 0 aromatic rings. The molecule has 150 valence electrons. The van der Waals surface area contributed by atoms with Gasteiger partial charge in [-0.3, -0.25) is 0 Å². The van der Waals surface area contributed by atoms with Crippen LogP contribution in [0.4, 0.5) is 0 Å². The van der Waals surface area contributed by atoms with Crippen molar-refractivity contribution in [3.05, 3.63) is 0 Å². The first-order valence-corrected chi connectivity index (χ1v) is 12.2. The van der Waals surface area contributed by atoms with Gasteiger partial charge < -0.3 is 0 Å². The molecule has 1 rings (SSSR count). The summed E-state index contributed by atoms with van der Waals surface area (Å²) in [4.78, 5) is 0. The summed E-state index contributed by atoms with van der Waals surface area (Å²) in [6, 6.07) is 0. The summed E-state index contributed by atoms with van der Waals surface area (Å²) in [7, 11) is 0. The van der Waals surface area contributed by atoms with E-state index in [9.17, 15) is 0 Å². The Morgan fingerprint density at radius 1 is 0.640 bits per heavy atom. The van der Waals surface area contributed by atoms with Crippen LogP contribution in [0.1, 0.15) is 143 Å². The van der Waals surface area contributed by atoms with Crippen molar-refractivity contribution < 1.29 is 0 Å². The van der Waals surface area contributed by atoms with E-state index in [1.54, 1.807) is 0 Å². The Labute approximate surface area is 160 Å². The highest BCUT2D eigenvalue weighted by Crippen LogP contribution is 2.37. The van der Waals surface area contributed by atoms with Gasteiger partial charge in [0.25, 0.3) is 0 Å². The Hall–Kier alpha value is 0. The van der Waals surface area contributed by atoms with Gasteiger partial charge in [0.2, 0.25) is 0 Å². The highest BCUT2D eigenvalue weighted by atomic mass is 14.3. The Bertz CT molecular complexity index is 263. The van der Waals surface area contributed by atoms with Crippen LogP contribution in [0.25, 0.3) is 0 Å². The van der Waals surface area contributed by atoms with Gasteiger partial charge in [-0.05, 0) is 30.6 Å². The fraction of sp³-hybridized carbons (Fsp3) is 1.00. The molecule has 1 saturated carbocycles. The molecule has 0 amide bonds. The van der Waals surface area contributed by atoms with Crippen molar-refractivity contribution in [1.29, 1.82) is 0 Å². The topological polar surface area (TPSA) is 0 Å². The van der Waals surface area contributed by atoms with Crippen LogP contribution in [0.2, 0.25) is 0 Å². The summed E-state index contributed by atoms with van der Waals surface area (Å²) in [5, 5.41) is 0. The molecule has 0 aliphatic heterocycles. The van der Waals surface area contributed by atoms with Gasteiger partial charge >= 0.3 is 0 Å². The lowest BCUT2D eigenvalue weighted by Crippen LogP contribution is -2.21. The molecule has 1 aliphatic carbocycles. The number of hydrogen-bond acceptors (Lipinski definition) is 0. The molecule has 0 heterocycles. The number of unbranched alkanes of at least 4 members (excludes halogenated alkanes) is 13. The van der Waals surface area contributed by atoms with Crippen LogP contribution < -0.4 is 0 Å². The van der Waals surface area contributed by atoms with Crippen molar-refractivity contribution >= 4 is 0 Å². The fourth-order valence-corrected chi connectivity index (χ4v) is 4.66. The molecule has 0 N–H and O–H groups in total. The maximum absolute atomic E-state index is 2.49. The second kappa shape index (κ2) is 16.2. The van der Waals surface area contributed by atoms with E-state index in [1.165, 1.54) is 122 Å². The molecule has 0 heteroatoms. The quantitative estimate of drug-likeness (QED) is 0.216. The third-order valence-electron chi connectivity index (χ3n) is 6.59. The van der Waals surface area contributed by atoms with E-state index in [0.29, 0.717) is 0 Å². The van der Waals surface area contributed by atoms with E-state index < -0.39 is 0 Å². The van der Waals surface area contributed by atoms with E-state index >= 15 is 0 Å². The van der Waals surface area contributed by atoms with Crippen LogP contribution in [-0.4, -0.2) is 0 Å². The first kappa shape index (κ1) is 23.0. The Morgan fingerprint density at radius 3 is 1.52 bits per heavy atom. The second-order valence-corrected chi connectivity index (χ2v) is 9.51. The lowest BCUT2D eigenvalue weighted by Gasteiger charge is -2.33. The third-order valence-corrected chi connectivity index (χ3v) is 6.59. The molecule has 0 spiro atoms. The summed E-state index contributed by atoms with van der Waals surface area (Å²) >= 11 is 0. The molecular weight excluding hydrogens is 300 g/mol. The summed E-state index contributed by atoms with van der Waals surface area (Å²) in [6.45, 7) is 7.20. The van der Waals surface area contributed by atoms with E-state index in [4.69, 9.17) is 0 Å². The fourth-order valence-electron chi connectivity index (χ4n) is 4.66. The minimum atomic E-state index is 0.980. The lowest BCUT2D eigenvalue weighted by atomic mass is 9.73. The summed E-state index contributed by atoms with van der Waals surface area (Å²) < 4.78 is 0. The summed E-state index contributed by atoms with van der Waals surface area (Å²) in [6.07, 6.45) is 28.2. The number of rotatable bonds is 18. The van der Waals surface area contributed by atoms with Crippen molar-refractivity contribution in [2.75, 3.05) is 0 Å². The van der Waals surface area contributed by atoms with Crippen LogP contribution in [0.3, 0.4) is 0 Å². The van der Waals surface area contributed by atoms with Crippen molar-refractivity contribution in [2.45, 2.75) is 143 Å². The molecule has 1 fully saturated rings. The molecule has 1 aliphatic rings. The molecule has 1 atom stereocenters. The molecule has 0 aromatic carbocycles. The zero-order valence-electron chi connectivity index (χ0n) is 18.2. The van der Waals surface area contributed by atoms with Crippen LogP contribution in [0.15, 0.2) is 0 Å². The van der Waals surface area contributed by atoms with Gasteiger partial charge in [-0.2, -0.15) is 0 Å². The zero-order chi connectivity index (χ0) is 18.2. The van der Waals surface area contributed by atoms with Crippen molar-refractivity contribution in [1.82, 2.24) is 0 Å². The minimum absolute atomic E-state index is 0.980. The lowest BCUT2D eigenvalue weighted by molar-refractivity contribution is 0.187. The normalized spacial score (nSPS) is 21.2. The highest BCUT2D eigenvalue weighted by Gasteiger charge is 2.24. The van der Waals surface area contributed by atoms with Crippen molar-refractivity contribution in [2.24, 2.45) is 17.8 Å². The van der Waals surface area contributed by atoms with Crippen LogP contribution in [0.5, 0.6) is 0 Å². The molecule has 0 saturated heterocycles. The Balaban J connectivity index is 1.70. The van der Waals surface area contributed by atoms with E-state index in [2.05, 4.69) is 20.8 Å². The van der Waals surface area contributed by atoms with E-state index in [0.717, 1.165) is 17.8 Å². The smallest absolute Gasteiger partial charge is 0.0409 e. The van der Waals surface area contributed by atoms with Crippen molar-refractivity contribution in [3.63, 3.8) is 0 Å². The monoisotopic (exact) mass is 350 g/mol. The predicted octanol–water partition coefficient (Wildman–Crippen LogP) is 9.32. The van der Waals surface area contributed by atoms with Crippen molar-refractivity contribution in [3.8, 4) is 0 Å². The molecule has 0 aromatic heterocycles. The SMILES string of the molecule is CCCCCCCCCCCCCCCCC(C)CCC1CC(C)C1. The first-order valence-electron chi connectivity index (χ1n) is 12.2. The standard InChI is InChI=1S/C25H50/c1-4-5-6-7-8-9-10-11-12-13-14-15-16-17-18-23(2)19-20-25-21-24(3)22-25/h23-25H,4-22H2,1-3H3. The van der Waals surface area contributed by atoms with Gasteiger partial charge in [0.15, 0.2) is 0 Å². The van der Waals surface area contributed by atoms with Gasteiger partial charge in [-0.15, -0.1) is 0 Å². The minimum Gasteiger partial charge on any atom is -0.0654 e. The van der Waals surface area contributed by atoms with Gasteiger partial charge in [0.1, 0.15) is 0 Å². The molecule has 25 heavy (non-hydrogen) atoms. The molecule has 0 radical (unpaired) electrons. The average molecular weight is 351 g/mol. The third kappa shape index (κ3) is 13.8. The van der Waals surface area contributed by atoms with Gasteiger partial charge in [0, 0.05) is 0 Å². The highest BCUT2D eigenvalue weighted by molar-refractivity contribution is 4.76. The predicted molar refractivity (Wildman–Crippen MR) is 115 cm³/mol. The zero-order valence-corrected chi connectivity index (χ0v) is 18.2. The second-order valence-electron chi connectivity index (χ2n) is 9.51. The average Bonchev–Trinajstić information content (AvgIpc) is 2.58. The Kier molecular flexibility index (Phi) is 14.9. The van der Waals surface area contributed by atoms with Gasteiger partial charge in [0.05, 0.1) is 0 Å². The van der Waals surface area contributed by atoms with Gasteiger partial charge in [-0.25, -0.2) is 0 Å². The summed E-state index contributed by atoms with van der Waals surface area (Å²) in [5.74, 6) is 3.10. The van der Waals surface area contributed by atoms with Crippen LogP contribution >= 0.6 is 0 Å². The van der Waals surface area contributed by atoms with E-state index in [1.807, 2.05) is 0 Å². The largest absolute Gasteiger partial charge is 0.0654 e. The van der Waals surface area contributed by atoms with Crippen LogP contribution in [0, 0.1) is 17.8 Å². The molecule has 0 nitrogen and oxygen atoms in total.